The maximum atomic E-state index is 13.5. The van der Waals surface area contributed by atoms with E-state index in [0.29, 0.717) is 11.3 Å². The van der Waals surface area contributed by atoms with Gasteiger partial charge in [-0.3, -0.25) is 4.79 Å². The molecule has 2 aromatic heterocycles. The van der Waals surface area contributed by atoms with Crippen molar-refractivity contribution in [2.75, 3.05) is 13.1 Å². The molecule has 0 bridgehead atoms. The summed E-state index contributed by atoms with van der Waals surface area (Å²) < 4.78 is 13.5. The first kappa shape index (κ1) is 20.7. The fourth-order valence-electron chi connectivity index (χ4n) is 5.15. The molecule has 1 saturated heterocycles. The molecule has 1 aliphatic heterocycles. The largest absolute Gasteiger partial charge is 0.342 e. The molecule has 31 heavy (non-hydrogen) atoms. The van der Waals surface area contributed by atoms with Crippen molar-refractivity contribution < 1.29 is 9.18 Å². The van der Waals surface area contributed by atoms with Gasteiger partial charge in [-0.15, -0.1) is 11.3 Å². The smallest absolute Gasteiger partial charge is 0.254 e. The molecule has 1 fully saturated rings. The molecular weight excluding hydrogens is 409 g/mol. The Balaban J connectivity index is 1.26. The summed E-state index contributed by atoms with van der Waals surface area (Å²) in [6, 6.07) is 4.65. The summed E-state index contributed by atoms with van der Waals surface area (Å²) in [4.78, 5) is 24.7. The summed E-state index contributed by atoms with van der Waals surface area (Å²) in [5.74, 6) is 1.82. The van der Waals surface area contributed by atoms with Crippen molar-refractivity contribution in [2.45, 2.75) is 58.8 Å². The van der Waals surface area contributed by atoms with Gasteiger partial charge in [0.15, 0.2) is 0 Å². The van der Waals surface area contributed by atoms with Gasteiger partial charge in [0.25, 0.3) is 5.91 Å². The second-order valence-electron chi connectivity index (χ2n) is 10.2. The van der Waals surface area contributed by atoms with E-state index in [9.17, 15) is 9.18 Å². The highest BCUT2D eigenvalue weighted by atomic mass is 32.1. The summed E-state index contributed by atoms with van der Waals surface area (Å²) in [5, 5.41) is 2.10. The number of carbonyl (C=O) groups excluding carboxylic acids is 1. The van der Waals surface area contributed by atoms with Crippen molar-refractivity contribution >= 4 is 28.3 Å². The van der Waals surface area contributed by atoms with Gasteiger partial charge < -0.3 is 9.88 Å². The monoisotopic (exact) mass is 439 g/mol. The van der Waals surface area contributed by atoms with Crippen LogP contribution in [0.15, 0.2) is 23.6 Å². The van der Waals surface area contributed by atoms with Crippen LogP contribution in [0.5, 0.6) is 0 Å². The van der Waals surface area contributed by atoms with E-state index in [1.807, 2.05) is 4.90 Å². The van der Waals surface area contributed by atoms with E-state index in [-0.39, 0.29) is 17.6 Å². The van der Waals surface area contributed by atoms with Crippen LogP contribution in [-0.4, -0.2) is 33.9 Å². The molecular formula is C25H30FN3OS. The number of amides is 1. The Bertz CT molecular complexity index is 1120. The van der Waals surface area contributed by atoms with Gasteiger partial charge in [0.2, 0.25) is 0 Å². The van der Waals surface area contributed by atoms with Crippen molar-refractivity contribution in [2.24, 2.45) is 11.3 Å². The van der Waals surface area contributed by atoms with Crippen LogP contribution in [0.3, 0.4) is 0 Å². The molecule has 1 atom stereocenters. The molecule has 2 aliphatic rings. The predicted molar refractivity (Wildman–Crippen MR) is 123 cm³/mol. The number of fused-ring (bicyclic) bond motifs is 2. The molecule has 1 unspecified atom stereocenters. The first-order valence-corrected chi connectivity index (χ1v) is 12.2. The summed E-state index contributed by atoms with van der Waals surface area (Å²) in [6.07, 6.45) is 5.06. The molecule has 1 aliphatic carbocycles. The molecule has 164 valence electrons. The SMILES string of the molecule is CC(C)(C)C1CCc2c(C(=O)N3CCC(c4nc5ccc(F)cc5[nH]4)CC3)csc2C1. The zero-order valence-corrected chi connectivity index (χ0v) is 19.3. The number of imidazole rings is 1. The maximum absolute atomic E-state index is 13.5. The molecule has 3 heterocycles. The number of halogens is 1. The normalized spacial score (nSPS) is 20.3. The van der Waals surface area contributed by atoms with Crippen LogP contribution >= 0.6 is 11.3 Å². The Hall–Kier alpha value is -2.21. The van der Waals surface area contributed by atoms with Gasteiger partial charge >= 0.3 is 0 Å². The fourth-order valence-corrected chi connectivity index (χ4v) is 6.31. The van der Waals surface area contributed by atoms with Crippen LogP contribution in [0.2, 0.25) is 0 Å². The minimum atomic E-state index is -0.254. The number of carbonyl (C=O) groups is 1. The average Bonchev–Trinajstić information content (AvgIpc) is 3.36. The number of aromatic amines is 1. The van der Waals surface area contributed by atoms with E-state index in [0.717, 1.165) is 61.2 Å². The van der Waals surface area contributed by atoms with Crippen LogP contribution in [0.1, 0.15) is 72.6 Å². The number of hydrogen-bond acceptors (Lipinski definition) is 3. The number of nitrogens with one attached hydrogen (secondary N) is 1. The highest BCUT2D eigenvalue weighted by Crippen LogP contribution is 2.41. The molecule has 5 rings (SSSR count). The van der Waals surface area contributed by atoms with Crippen LogP contribution < -0.4 is 0 Å². The van der Waals surface area contributed by atoms with Crippen molar-refractivity contribution in [1.82, 2.24) is 14.9 Å². The average molecular weight is 440 g/mol. The van der Waals surface area contributed by atoms with Gasteiger partial charge in [-0.25, -0.2) is 9.37 Å². The fraction of sp³-hybridized carbons (Fsp3) is 0.520. The van der Waals surface area contributed by atoms with Gasteiger partial charge in [0.05, 0.1) is 16.6 Å². The highest BCUT2D eigenvalue weighted by Gasteiger charge is 2.33. The van der Waals surface area contributed by atoms with E-state index in [1.54, 1.807) is 17.4 Å². The minimum absolute atomic E-state index is 0.192. The third-order valence-corrected chi connectivity index (χ3v) is 8.29. The molecule has 1 aromatic carbocycles. The van der Waals surface area contributed by atoms with Crippen LogP contribution in [0, 0.1) is 17.2 Å². The van der Waals surface area contributed by atoms with E-state index < -0.39 is 0 Å². The van der Waals surface area contributed by atoms with Gasteiger partial charge in [-0.2, -0.15) is 0 Å². The quantitative estimate of drug-likeness (QED) is 0.538. The van der Waals surface area contributed by atoms with E-state index in [4.69, 9.17) is 0 Å². The number of rotatable bonds is 2. The van der Waals surface area contributed by atoms with E-state index >= 15 is 0 Å². The van der Waals surface area contributed by atoms with E-state index in [2.05, 4.69) is 36.1 Å². The lowest BCUT2D eigenvalue weighted by Crippen LogP contribution is -2.38. The lowest BCUT2D eigenvalue weighted by atomic mass is 9.72. The summed E-state index contributed by atoms with van der Waals surface area (Å²) in [7, 11) is 0. The standard InChI is InChI=1S/C25H30FN3OS/c1-25(2,3)16-4-6-18-19(14-31-22(18)12-16)24(30)29-10-8-15(9-11-29)23-27-20-7-5-17(26)13-21(20)28-23/h5,7,13-16H,4,6,8-12H2,1-3H3,(H,27,28). The maximum Gasteiger partial charge on any atom is 0.254 e. The molecule has 1 N–H and O–H groups in total. The Labute approximate surface area is 186 Å². The van der Waals surface area contributed by atoms with Crippen molar-refractivity contribution in [3.63, 3.8) is 0 Å². The third kappa shape index (κ3) is 3.91. The molecule has 4 nitrogen and oxygen atoms in total. The van der Waals surface area contributed by atoms with Gasteiger partial charge in [-0.1, -0.05) is 20.8 Å². The number of nitrogens with zero attached hydrogens (tertiary/aromatic N) is 2. The lowest BCUT2D eigenvalue weighted by Gasteiger charge is -2.34. The number of benzene rings is 1. The highest BCUT2D eigenvalue weighted by molar-refractivity contribution is 7.10. The van der Waals surface area contributed by atoms with E-state index in [1.165, 1.54) is 29.0 Å². The molecule has 3 aromatic rings. The number of aromatic nitrogens is 2. The zero-order valence-electron chi connectivity index (χ0n) is 18.5. The lowest BCUT2D eigenvalue weighted by molar-refractivity contribution is 0.0710. The van der Waals surface area contributed by atoms with Gasteiger partial charge in [-0.05, 0) is 67.2 Å². The van der Waals surface area contributed by atoms with Crippen molar-refractivity contribution in [3.8, 4) is 0 Å². The molecule has 1 amide bonds. The Morgan fingerprint density at radius 2 is 2.00 bits per heavy atom. The van der Waals surface area contributed by atoms with Crippen LogP contribution in [0.25, 0.3) is 11.0 Å². The molecule has 0 spiro atoms. The number of hydrogen-bond donors (Lipinski definition) is 1. The van der Waals surface area contributed by atoms with Gasteiger partial charge in [0, 0.05) is 29.3 Å². The Morgan fingerprint density at radius 1 is 1.23 bits per heavy atom. The van der Waals surface area contributed by atoms with Gasteiger partial charge in [0.1, 0.15) is 11.6 Å². The number of likely N-dealkylation sites (tertiary alicyclic amines) is 1. The summed E-state index contributed by atoms with van der Waals surface area (Å²) >= 11 is 1.77. The molecule has 6 heteroatoms. The number of H-pyrrole nitrogens is 1. The zero-order chi connectivity index (χ0) is 21.8. The summed E-state index contributed by atoms with van der Waals surface area (Å²) in [5.41, 5.74) is 4.10. The first-order chi connectivity index (χ1) is 14.8. The molecule has 0 radical (unpaired) electrons. The number of thiophene rings is 1. The summed E-state index contributed by atoms with van der Waals surface area (Å²) in [6.45, 7) is 8.45. The predicted octanol–water partition coefficient (Wildman–Crippen LogP) is 5.93. The second kappa shape index (κ2) is 7.73. The Kier molecular flexibility index (Phi) is 5.16. The topological polar surface area (TPSA) is 49.0 Å². The van der Waals surface area contributed by atoms with Crippen LogP contribution in [-0.2, 0) is 12.8 Å². The minimum Gasteiger partial charge on any atom is -0.342 e. The van der Waals surface area contributed by atoms with Crippen molar-refractivity contribution in [1.29, 1.82) is 0 Å². The van der Waals surface area contributed by atoms with Crippen molar-refractivity contribution in [3.05, 3.63) is 51.2 Å². The van der Waals surface area contributed by atoms with Crippen LogP contribution in [0.4, 0.5) is 4.39 Å². The first-order valence-electron chi connectivity index (χ1n) is 11.3. The number of piperidine rings is 1. The third-order valence-electron chi connectivity index (χ3n) is 7.24. The second-order valence-corrected chi connectivity index (χ2v) is 11.2. The molecule has 0 saturated carbocycles. The Morgan fingerprint density at radius 3 is 2.74 bits per heavy atom.